The van der Waals surface area contributed by atoms with E-state index in [2.05, 4.69) is 0 Å². The Morgan fingerprint density at radius 3 is 2.16 bits per heavy atom. The molecule has 0 unspecified atom stereocenters. The van der Waals surface area contributed by atoms with Crippen molar-refractivity contribution in [2.45, 2.75) is 91.3 Å². The van der Waals surface area contributed by atoms with Gasteiger partial charge in [0.15, 0.2) is 11.9 Å². The van der Waals surface area contributed by atoms with Crippen molar-refractivity contribution in [3.05, 3.63) is 22.8 Å². The molecule has 8 nitrogen and oxygen atoms in total. The number of ketones is 1. The number of fused-ring (bicyclic) bond motifs is 4. The molecule has 3 aliphatic rings. The van der Waals surface area contributed by atoms with Gasteiger partial charge in [0.25, 0.3) is 0 Å². The molecule has 0 radical (unpaired) electrons. The fourth-order valence-electron chi connectivity index (χ4n) is 5.82. The highest BCUT2D eigenvalue weighted by molar-refractivity contribution is 5.94. The van der Waals surface area contributed by atoms with Gasteiger partial charge in [-0.1, -0.05) is 19.9 Å². The van der Waals surface area contributed by atoms with Crippen LogP contribution in [0.4, 0.5) is 0 Å². The summed E-state index contributed by atoms with van der Waals surface area (Å²) in [5, 5.41) is 32.7. The van der Waals surface area contributed by atoms with E-state index in [0.29, 0.717) is 16.7 Å². The second-order valence-corrected chi connectivity index (χ2v) is 10.2. The van der Waals surface area contributed by atoms with Crippen LogP contribution >= 0.6 is 0 Å². The molecule has 178 valence electrons. The summed E-state index contributed by atoms with van der Waals surface area (Å²) in [5.74, 6) is -2.18. The van der Waals surface area contributed by atoms with Gasteiger partial charge in [-0.05, 0) is 48.8 Å². The molecule has 0 amide bonds. The van der Waals surface area contributed by atoms with Gasteiger partial charge in [0, 0.05) is 26.2 Å². The molecule has 4 bridgehead atoms. The number of hydrogen-bond acceptors (Lipinski definition) is 8. The van der Waals surface area contributed by atoms with Crippen LogP contribution in [-0.4, -0.2) is 63.6 Å². The fraction of sp³-hybridized carbons (Fsp3) is 0.708. The lowest BCUT2D eigenvalue weighted by molar-refractivity contribution is -0.170. The Morgan fingerprint density at radius 2 is 1.59 bits per heavy atom. The number of hydrogen-bond donors (Lipinski definition) is 3. The molecule has 3 aliphatic carbocycles. The Hall–Kier alpha value is -2.03. The SMILES string of the molecule is CC(=O)O[C@@H]1C(=O)[C@@]2(C)C/C(=C\[C@@H](O)[C@@H]3C[C@H](O)C(C)=C1C3(C)C)[C@@H](O)C[C@@H]2OC(C)=O. The lowest BCUT2D eigenvalue weighted by Crippen LogP contribution is -2.56. The zero-order valence-corrected chi connectivity index (χ0v) is 19.5. The van der Waals surface area contributed by atoms with Crippen molar-refractivity contribution < 1.29 is 39.2 Å². The molecule has 1 fully saturated rings. The minimum Gasteiger partial charge on any atom is -0.461 e. The van der Waals surface area contributed by atoms with Crippen molar-refractivity contribution in [3.8, 4) is 0 Å². The first-order chi connectivity index (χ1) is 14.7. The largest absolute Gasteiger partial charge is 0.461 e. The van der Waals surface area contributed by atoms with Crippen LogP contribution in [0.15, 0.2) is 22.8 Å². The summed E-state index contributed by atoms with van der Waals surface area (Å²) in [6.07, 6.45) is -3.33. The molecule has 32 heavy (non-hydrogen) atoms. The van der Waals surface area contributed by atoms with Crippen molar-refractivity contribution in [1.29, 1.82) is 0 Å². The van der Waals surface area contributed by atoms with E-state index >= 15 is 0 Å². The van der Waals surface area contributed by atoms with Gasteiger partial charge < -0.3 is 24.8 Å². The maximum absolute atomic E-state index is 14.1. The normalized spacial score (nSPS) is 40.8. The smallest absolute Gasteiger partial charge is 0.303 e. The van der Waals surface area contributed by atoms with Crippen LogP contribution in [-0.2, 0) is 23.9 Å². The number of aliphatic hydroxyl groups excluding tert-OH is 3. The standard InChI is InChI=1S/C24H34O8/c1-11-16(27)8-15-18(29)7-14-10-24(6,19(9-17(14)28)31-12(2)25)22(30)21(32-13(3)26)20(11)23(15,4)5/h7,15-19,21,27-29H,8-10H2,1-6H3/b14-7+/t15-,16-,17-,18+,19-,21-,24-/m0/s1. The fourth-order valence-corrected chi connectivity index (χ4v) is 5.82. The molecule has 0 spiro atoms. The van der Waals surface area contributed by atoms with Gasteiger partial charge in [0.2, 0.25) is 0 Å². The van der Waals surface area contributed by atoms with Gasteiger partial charge in [-0.3, -0.25) is 14.4 Å². The van der Waals surface area contributed by atoms with E-state index < -0.39 is 65.0 Å². The molecule has 7 atom stereocenters. The molecule has 0 heterocycles. The van der Waals surface area contributed by atoms with Gasteiger partial charge in [-0.2, -0.15) is 0 Å². The molecule has 3 rings (SSSR count). The summed E-state index contributed by atoms with van der Waals surface area (Å²) in [5.41, 5.74) is -0.648. The first-order valence-corrected chi connectivity index (χ1v) is 11.0. The zero-order valence-electron chi connectivity index (χ0n) is 19.5. The Balaban J connectivity index is 2.29. The molecule has 3 N–H and O–H groups in total. The predicted octanol–water partition coefficient (Wildman–Crippen LogP) is 1.60. The second-order valence-electron chi connectivity index (χ2n) is 10.2. The van der Waals surface area contributed by atoms with E-state index in [1.807, 2.05) is 13.8 Å². The van der Waals surface area contributed by atoms with Crippen molar-refractivity contribution >= 4 is 17.7 Å². The molecule has 0 aromatic rings. The molecular formula is C24H34O8. The third-order valence-corrected chi connectivity index (χ3v) is 7.62. The summed E-state index contributed by atoms with van der Waals surface area (Å²) < 4.78 is 11.0. The maximum Gasteiger partial charge on any atom is 0.303 e. The number of rotatable bonds is 2. The third kappa shape index (κ3) is 4.04. The van der Waals surface area contributed by atoms with Crippen LogP contribution in [0, 0.1) is 16.7 Å². The summed E-state index contributed by atoms with van der Waals surface area (Å²) in [4.78, 5) is 38.0. The van der Waals surface area contributed by atoms with E-state index in [-0.39, 0.29) is 19.3 Å². The number of ether oxygens (including phenoxy) is 2. The monoisotopic (exact) mass is 450 g/mol. The lowest BCUT2D eigenvalue weighted by Gasteiger charge is -2.50. The first-order valence-electron chi connectivity index (χ1n) is 11.0. The maximum atomic E-state index is 14.1. The summed E-state index contributed by atoms with van der Waals surface area (Å²) in [6.45, 7) is 9.49. The minimum atomic E-state index is -1.31. The average Bonchev–Trinajstić information content (AvgIpc) is 2.65. The Labute approximate surface area is 188 Å². The molecule has 0 aliphatic heterocycles. The highest BCUT2D eigenvalue weighted by atomic mass is 16.6. The Kier molecular flexibility index (Phi) is 6.45. The highest BCUT2D eigenvalue weighted by Crippen LogP contribution is 2.52. The van der Waals surface area contributed by atoms with E-state index in [9.17, 15) is 29.7 Å². The number of carbonyl (C=O) groups excluding carboxylic acids is 3. The molecule has 0 aromatic carbocycles. The zero-order chi connectivity index (χ0) is 24.2. The van der Waals surface area contributed by atoms with Crippen LogP contribution in [0.1, 0.15) is 60.8 Å². The van der Waals surface area contributed by atoms with E-state index in [0.717, 1.165) is 0 Å². The average molecular weight is 451 g/mol. The molecule has 0 saturated heterocycles. The van der Waals surface area contributed by atoms with Gasteiger partial charge in [0.05, 0.1) is 23.7 Å². The Bertz CT molecular complexity index is 884. The number of esters is 2. The van der Waals surface area contributed by atoms with Gasteiger partial charge in [0.1, 0.15) is 6.10 Å². The third-order valence-electron chi connectivity index (χ3n) is 7.62. The van der Waals surface area contributed by atoms with Crippen LogP contribution in [0.5, 0.6) is 0 Å². The summed E-state index contributed by atoms with van der Waals surface area (Å²) >= 11 is 0. The van der Waals surface area contributed by atoms with Crippen molar-refractivity contribution in [2.24, 2.45) is 16.7 Å². The molecular weight excluding hydrogens is 416 g/mol. The Morgan fingerprint density at radius 1 is 1.00 bits per heavy atom. The van der Waals surface area contributed by atoms with E-state index in [4.69, 9.17) is 9.47 Å². The van der Waals surface area contributed by atoms with Crippen LogP contribution in [0.3, 0.4) is 0 Å². The molecule has 8 heteroatoms. The number of Topliss-reactive ketones (excluding diaryl/α,β-unsaturated/α-hetero) is 1. The van der Waals surface area contributed by atoms with Crippen LogP contribution < -0.4 is 0 Å². The quantitative estimate of drug-likeness (QED) is 0.427. The first kappa shape index (κ1) is 24.6. The summed E-state index contributed by atoms with van der Waals surface area (Å²) in [6, 6.07) is 0. The number of aliphatic hydroxyl groups is 3. The van der Waals surface area contributed by atoms with Crippen molar-refractivity contribution in [3.63, 3.8) is 0 Å². The topological polar surface area (TPSA) is 130 Å². The van der Waals surface area contributed by atoms with E-state index in [1.165, 1.54) is 13.8 Å². The molecule has 1 saturated carbocycles. The minimum absolute atomic E-state index is 0.0120. The van der Waals surface area contributed by atoms with Crippen LogP contribution in [0.25, 0.3) is 0 Å². The lowest BCUT2D eigenvalue weighted by atomic mass is 9.57. The van der Waals surface area contributed by atoms with E-state index in [1.54, 1.807) is 19.9 Å². The van der Waals surface area contributed by atoms with Crippen molar-refractivity contribution in [2.75, 3.05) is 0 Å². The van der Waals surface area contributed by atoms with Gasteiger partial charge in [-0.25, -0.2) is 0 Å². The second kappa shape index (κ2) is 8.39. The number of carbonyl (C=O) groups is 3. The summed E-state index contributed by atoms with van der Waals surface area (Å²) in [7, 11) is 0. The van der Waals surface area contributed by atoms with Crippen molar-refractivity contribution in [1.82, 2.24) is 0 Å². The van der Waals surface area contributed by atoms with Crippen LogP contribution in [0.2, 0.25) is 0 Å². The van der Waals surface area contributed by atoms with Gasteiger partial charge >= 0.3 is 11.9 Å². The predicted molar refractivity (Wildman–Crippen MR) is 114 cm³/mol. The molecule has 0 aromatic heterocycles. The van der Waals surface area contributed by atoms with Gasteiger partial charge in [-0.15, -0.1) is 0 Å². The highest BCUT2D eigenvalue weighted by Gasteiger charge is 2.57.